The maximum Gasteiger partial charge on any atom is 0.337 e. The van der Waals surface area contributed by atoms with Crippen molar-refractivity contribution in [1.29, 1.82) is 0 Å². The molecule has 0 aliphatic heterocycles. The largest absolute Gasteiger partial charge is 0.497 e. The van der Waals surface area contributed by atoms with Gasteiger partial charge < -0.3 is 23.4 Å². The zero-order valence-corrected chi connectivity index (χ0v) is 18.9. The Kier molecular flexibility index (Phi) is 6.36. The number of carbonyl (C=O) groups excluding carboxylic acids is 1. The van der Waals surface area contributed by atoms with Crippen molar-refractivity contribution < 1.29 is 28.2 Å². The van der Waals surface area contributed by atoms with Gasteiger partial charge in [0, 0.05) is 22.6 Å². The molecule has 6 heteroatoms. The van der Waals surface area contributed by atoms with Crippen LogP contribution in [0.2, 0.25) is 0 Å². The van der Waals surface area contributed by atoms with E-state index in [1.807, 2.05) is 54.6 Å². The Morgan fingerprint density at radius 2 is 1.42 bits per heavy atom. The average molecular weight is 444 g/mol. The van der Waals surface area contributed by atoms with Crippen LogP contribution in [0.25, 0.3) is 34.4 Å². The van der Waals surface area contributed by atoms with Crippen LogP contribution in [-0.4, -0.2) is 34.4 Å². The van der Waals surface area contributed by atoms with Crippen molar-refractivity contribution in [3.05, 3.63) is 77.4 Å². The van der Waals surface area contributed by atoms with Crippen LogP contribution in [0, 0.1) is 0 Å². The highest BCUT2D eigenvalue weighted by Crippen LogP contribution is 2.36. The summed E-state index contributed by atoms with van der Waals surface area (Å²) >= 11 is 0. The van der Waals surface area contributed by atoms with E-state index in [0.717, 1.165) is 27.8 Å². The standard InChI is InChI=1S/C27H24O6/c1-29-20-9-6-18(7-10-20)26-23(11-5-17-13-21(30-2)16-22(14-17)31-3)24-15-19(27(28)32-4)8-12-25(24)33-26/h5-16H,1-4H3. The summed E-state index contributed by atoms with van der Waals surface area (Å²) in [5.41, 5.74) is 3.73. The Hall–Kier alpha value is -4.19. The predicted octanol–water partition coefficient (Wildman–Crippen LogP) is 6.08. The summed E-state index contributed by atoms with van der Waals surface area (Å²) in [6.07, 6.45) is 3.91. The topological polar surface area (TPSA) is 67.1 Å². The number of furan rings is 1. The van der Waals surface area contributed by atoms with Gasteiger partial charge in [0.1, 0.15) is 28.6 Å². The van der Waals surface area contributed by atoms with Crippen LogP contribution in [0.15, 0.2) is 65.1 Å². The Labute approximate surface area is 192 Å². The van der Waals surface area contributed by atoms with Gasteiger partial charge >= 0.3 is 5.97 Å². The zero-order valence-electron chi connectivity index (χ0n) is 18.9. The molecule has 1 aromatic heterocycles. The zero-order chi connectivity index (χ0) is 23.4. The first kappa shape index (κ1) is 22.0. The highest BCUT2D eigenvalue weighted by Gasteiger charge is 2.17. The molecule has 3 aromatic carbocycles. The average Bonchev–Trinajstić information content (AvgIpc) is 3.24. The maximum absolute atomic E-state index is 12.1. The summed E-state index contributed by atoms with van der Waals surface area (Å²) in [5.74, 6) is 2.41. The van der Waals surface area contributed by atoms with Crippen molar-refractivity contribution in [2.45, 2.75) is 0 Å². The minimum absolute atomic E-state index is 0.406. The molecule has 0 atom stereocenters. The van der Waals surface area contributed by atoms with Gasteiger partial charge in [0.2, 0.25) is 0 Å². The van der Waals surface area contributed by atoms with Gasteiger partial charge in [-0.25, -0.2) is 4.79 Å². The molecule has 0 saturated heterocycles. The first-order chi connectivity index (χ1) is 16.1. The molecule has 0 fully saturated rings. The van der Waals surface area contributed by atoms with Crippen molar-refractivity contribution in [1.82, 2.24) is 0 Å². The summed E-state index contributed by atoms with van der Waals surface area (Å²) in [5, 5.41) is 0.801. The van der Waals surface area contributed by atoms with E-state index in [1.165, 1.54) is 7.11 Å². The summed E-state index contributed by atoms with van der Waals surface area (Å²) in [4.78, 5) is 12.1. The van der Waals surface area contributed by atoms with E-state index < -0.39 is 5.97 Å². The molecular weight excluding hydrogens is 420 g/mol. The van der Waals surface area contributed by atoms with Crippen LogP contribution in [0.5, 0.6) is 17.2 Å². The number of esters is 1. The number of benzene rings is 3. The minimum Gasteiger partial charge on any atom is -0.497 e. The second-order valence-electron chi connectivity index (χ2n) is 7.26. The van der Waals surface area contributed by atoms with Gasteiger partial charge in [-0.1, -0.05) is 6.08 Å². The van der Waals surface area contributed by atoms with Crippen LogP contribution in [0.3, 0.4) is 0 Å². The number of carbonyl (C=O) groups is 1. The third-order valence-corrected chi connectivity index (χ3v) is 5.32. The fourth-order valence-electron chi connectivity index (χ4n) is 3.59. The van der Waals surface area contributed by atoms with E-state index in [-0.39, 0.29) is 0 Å². The maximum atomic E-state index is 12.1. The van der Waals surface area contributed by atoms with Crippen LogP contribution in [0.1, 0.15) is 21.5 Å². The second kappa shape index (κ2) is 9.53. The van der Waals surface area contributed by atoms with Crippen LogP contribution >= 0.6 is 0 Å². The molecule has 1 heterocycles. The van der Waals surface area contributed by atoms with Crippen molar-refractivity contribution in [3.8, 4) is 28.6 Å². The van der Waals surface area contributed by atoms with Crippen molar-refractivity contribution in [3.63, 3.8) is 0 Å². The molecule has 4 aromatic rings. The van der Waals surface area contributed by atoms with Gasteiger partial charge in [-0.05, 0) is 66.2 Å². The predicted molar refractivity (Wildman–Crippen MR) is 128 cm³/mol. The van der Waals surface area contributed by atoms with E-state index in [9.17, 15) is 4.79 Å². The third kappa shape index (κ3) is 4.55. The van der Waals surface area contributed by atoms with Crippen molar-refractivity contribution in [2.24, 2.45) is 0 Å². The van der Waals surface area contributed by atoms with Crippen LogP contribution in [0.4, 0.5) is 0 Å². The Morgan fingerprint density at radius 3 is 2.03 bits per heavy atom. The molecule has 0 aliphatic rings. The smallest absolute Gasteiger partial charge is 0.337 e. The first-order valence-electron chi connectivity index (χ1n) is 10.3. The Balaban J connectivity index is 1.87. The summed E-state index contributed by atoms with van der Waals surface area (Å²) in [6.45, 7) is 0. The fourth-order valence-corrected chi connectivity index (χ4v) is 3.59. The summed E-state index contributed by atoms with van der Waals surface area (Å²) in [6, 6.07) is 18.5. The molecule has 0 N–H and O–H groups in total. The Morgan fingerprint density at radius 1 is 0.758 bits per heavy atom. The normalized spacial score (nSPS) is 11.0. The molecule has 0 spiro atoms. The van der Waals surface area contributed by atoms with E-state index in [4.69, 9.17) is 23.4 Å². The van der Waals surface area contributed by atoms with E-state index in [2.05, 4.69) is 0 Å². The van der Waals surface area contributed by atoms with Gasteiger partial charge in [0.15, 0.2) is 0 Å². The summed E-state index contributed by atoms with van der Waals surface area (Å²) in [7, 11) is 6.22. The number of methoxy groups -OCH3 is 4. The van der Waals surface area contributed by atoms with Gasteiger partial charge in [0.05, 0.1) is 34.0 Å². The van der Waals surface area contributed by atoms with Crippen LogP contribution in [-0.2, 0) is 4.74 Å². The molecule has 0 saturated carbocycles. The second-order valence-corrected chi connectivity index (χ2v) is 7.26. The van der Waals surface area contributed by atoms with E-state index >= 15 is 0 Å². The van der Waals surface area contributed by atoms with E-state index in [1.54, 1.807) is 39.5 Å². The van der Waals surface area contributed by atoms with Crippen molar-refractivity contribution >= 4 is 29.1 Å². The van der Waals surface area contributed by atoms with Crippen molar-refractivity contribution in [2.75, 3.05) is 28.4 Å². The third-order valence-electron chi connectivity index (χ3n) is 5.32. The quantitative estimate of drug-likeness (QED) is 0.322. The minimum atomic E-state index is -0.406. The molecule has 0 radical (unpaired) electrons. The SMILES string of the molecule is COC(=O)c1ccc2oc(-c3ccc(OC)cc3)c(C=Cc3cc(OC)cc(OC)c3)c2c1. The number of hydrogen-bond donors (Lipinski definition) is 0. The van der Waals surface area contributed by atoms with Gasteiger partial charge in [-0.15, -0.1) is 0 Å². The monoisotopic (exact) mass is 444 g/mol. The lowest BCUT2D eigenvalue weighted by molar-refractivity contribution is 0.0601. The highest BCUT2D eigenvalue weighted by molar-refractivity contribution is 6.01. The molecule has 0 bridgehead atoms. The molecular formula is C27H24O6. The first-order valence-corrected chi connectivity index (χ1v) is 10.3. The van der Waals surface area contributed by atoms with Crippen LogP contribution < -0.4 is 14.2 Å². The molecule has 4 rings (SSSR count). The molecule has 6 nitrogen and oxygen atoms in total. The van der Waals surface area contributed by atoms with Gasteiger partial charge in [0.25, 0.3) is 0 Å². The molecule has 0 unspecified atom stereocenters. The van der Waals surface area contributed by atoms with Gasteiger partial charge in [-0.3, -0.25) is 0 Å². The fraction of sp³-hybridized carbons (Fsp3) is 0.148. The molecule has 0 aliphatic carbocycles. The number of ether oxygens (including phenoxy) is 4. The lowest BCUT2D eigenvalue weighted by Gasteiger charge is -2.06. The highest BCUT2D eigenvalue weighted by atomic mass is 16.5. The number of fused-ring (bicyclic) bond motifs is 1. The molecule has 33 heavy (non-hydrogen) atoms. The molecule has 168 valence electrons. The number of rotatable bonds is 7. The van der Waals surface area contributed by atoms with E-state index in [0.29, 0.717) is 28.4 Å². The lowest BCUT2D eigenvalue weighted by Crippen LogP contribution is -2.00. The Bertz CT molecular complexity index is 1290. The molecule has 0 amide bonds. The lowest BCUT2D eigenvalue weighted by atomic mass is 10.0. The van der Waals surface area contributed by atoms with Gasteiger partial charge in [-0.2, -0.15) is 0 Å². The summed E-state index contributed by atoms with van der Waals surface area (Å²) < 4.78 is 27.1. The number of hydrogen-bond acceptors (Lipinski definition) is 6.